The number of carbonyl (C=O) groups is 1. The van der Waals surface area contributed by atoms with E-state index in [1.165, 1.54) is 5.56 Å². The summed E-state index contributed by atoms with van der Waals surface area (Å²) in [4.78, 5) is 12.6. The number of fused-ring (bicyclic) bond motifs is 1. The van der Waals surface area contributed by atoms with Gasteiger partial charge in [0, 0.05) is 5.56 Å². The third-order valence-corrected chi connectivity index (χ3v) is 3.91. The van der Waals surface area contributed by atoms with E-state index < -0.39 is 0 Å². The largest absolute Gasteiger partial charge is 0.293 e. The van der Waals surface area contributed by atoms with Crippen LogP contribution in [0.3, 0.4) is 0 Å². The predicted octanol–water partition coefficient (Wildman–Crippen LogP) is 4.16. The highest BCUT2D eigenvalue weighted by atomic mass is 16.1. The number of ketones is 1. The summed E-state index contributed by atoms with van der Waals surface area (Å²) in [5, 5.41) is 0. The molecule has 90 valence electrons. The highest BCUT2D eigenvalue weighted by molar-refractivity contribution is 6.06. The zero-order valence-electron chi connectivity index (χ0n) is 10.5. The van der Waals surface area contributed by atoms with Crippen LogP contribution in [-0.4, -0.2) is 5.78 Å². The van der Waals surface area contributed by atoms with E-state index in [1.807, 2.05) is 36.4 Å². The Morgan fingerprint density at radius 2 is 1.61 bits per heavy atom. The van der Waals surface area contributed by atoms with Gasteiger partial charge in [-0.2, -0.15) is 0 Å². The maximum Gasteiger partial charge on any atom is 0.171 e. The molecule has 1 heteroatoms. The Balaban J connectivity index is 2.11. The SMILES string of the molecule is CC[C@@H]1c2ccccc2C(=O)[C@H]1c1ccccc1. The summed E-state index contributed by atoms with van der Waals surface area (Å²) in [5.74, 6) is 0.619. The summed E-state index contributed by atoms with van der Waals surface area (Å²) in [5.41, 5.74) is 3.28. The van der Waals surface area contributed by atoms with Crippen molar-refractivity contribution in [3.05, 3.63) is 71.3 Å². The van der Waals surface area contributed by atoms with Gasteiger partial charge in [-0.05, 0) is 23.5 Å². The lowest BCUT2D eigenvalue weighted by molar-refractivity contribution is 0.0964. The van der Waals surface area contributed by atoms with Gasteiger partial charge in [0.1, 0.15) is 0 Å². The lowest BCUT2D eigenvalue weighted by atomic mass is 9.84. The molecule has 0 spiro atoms. The average Bonchev–Trinajstić information content (AvgIpc) is 2.73. The van der Waals surface area contributed by atoms with E-state index in [9.17, 15) is 4.79 Å². The zero-order chi connectivity index (χ0) is 12.5. The topological polar surface area (TPSA) is 17.1 Å². The normalized spacial score (nSPS) is 21.9. The van der Waals surface area contributed by atoms with Gasteiger partial charge in [0.2, 0.25) is 0 Å². The Labute approximate surface area is 107 Å². The molecule has 3 rings (SSSR count). The summed E-state index contributed by atoms with van der Waals surface area (Å²) >= 11 is 0. The number of hydrogen-bond acceptors (Lipinski definition) is 1. The van der Waals surface area contributed by atoms with Crippen molar-refractivity contribution in [2.24, 2.45) is 0 Å². The van der Waals surface area contributed by atoms with Gasteiger partial charge in [0.15, 0.2) is 5.78 Å². The Morgan fingerprint density at radius 3 is 2.33 bits per heavy atom. The number of Topliss-reactive ketones (excluding diaryl/α,β-unsaturated/α-hetero) is 1. The molecule has 0 saturated carbocycles. The fourth-order valence-corrected chi connectivity index (χ4v) is 3.07. The first kappa shape index (κ1) is 11.2. The van der Waals surface area contributed by atoms with Crippen molar-refractivity contribution in [2.75, 3.05) is 0 Å². The average molecular weight is 236 g/mol. The molecule has 0 heterocycles. The van der Waals surface area contributed by atoms with Gasteiger partial charge in [0.05, 0.1) is 5.92 Å². The number of carbonyl (C=O) groups excluding carboxylic acids is 1. The molecule has 0 fully saturated rings. The molecule has 0 unspecified atom stereocenters. The second-order valence-electron chi connectivity index (χ2n) is 4.85. The molecule has 1 nitrogen and oxygen atoms in total. The lowest BCUT2D eigenvalue weighted by Crippen LogP contribution is -2.11. The van der Waals surface area contributed by atoms with E-state index >= 15 is 0 Å². The Kier molecular flexibility index (Phi) is 2.75. The minimum Gasteiger partial charge on any atom is -0.293 e. The van der Waals surface area contributed by atoms with Crippen molar-refractivity contribution in [1.82, 2.24) is 0 Å². The first-order chi connectivity index (χ1) is 8.83. The standard InChI is InChI=1S/C17H16O/c1-2-13-14-10-6-7-11-15(14)17(18)16(13)12-8-4-3-5-9-12/h3-11,13,16H,2H2,1H3/t13-,16+/m1/s1. The van der Waals surface area contributed by atoms with Gasteiger partial charge < -0.3 is 0 Å². The molecular weight excluding hydrogens is 220 g/mol. The van der Waals surface area contributed by atoms with Crippen LogP contribution in [0.4, 0.5) is 0 Å². The monoisotopic (exact) mass is 236 g/mol. The fourth-order valence-electron chi connectivity index (χ4n) is 3.07. The van der Waals surface area contributed by atoms with Crippen molar-refractivity contribution in [3.8, 4) is 0 Å². The van der Waals surface area contributed by atoms with Crippen LogP contribution in [0.1, 0.15) is 46.7 Å². The molecule has 2 atom stereocenters. The van der Waals surface area contributed by atoms with Crippen molar-refractivity contribution in [1.29, 1.82) is 0 Å². The van der Waals surface area contributed by atoms with Crippen LogP contribution in [0.2, 0.25) is 0 Å². The van der Waals surface area contributed by atoms with Gasteiger partial charge in [0.25, 0.3) is 0 Å². The second-order valence-corrected chi connectivity index (χ2v) is 4.85. The van der Waals surface area contributed by atoms with Crippen LogP contribution < -0.4 is 0 Å². The van der Waals surface area contributed by atoms with Crippen molar-refractivity contribution >= 4 is 5.78 Å². The molecule has 2 aromatic carbocycles. The van der Waals surface area contributed by atoms with Gasteiger partial charge in [-0.1, -0.05) is 61.5 Å². The van der Waals surface area contributed by atoms with Crippen LogP contribution in [0, 0.1) is 0 Å². The molecule has 18 heavy (non-hydrogen) atoms. The van der Waals surface area contributed by atoms with E-state index in [1.54, 1.807) is 0 Å². The van der Waals surface area contributed by atoms with E-state index in [4.69, 9.17) is 0 Å². The Bertz CT molecular complexity index is 571. The van der Waals surface area contributed by atoms with Crippen molar-refractivity contribution in [2.45, 2.75) is 25.2 Å². The fraction of sp³-hybridized carbons (Fsp3) is 0.235. The third-order valence-electron chi connectivity index (χ3n) is 3.91. The molecule has 0 saturated heterocycles. The van der Waals surface area contributed by atoms with Gasteiger partial charge >= 0.3 is 0 Å². The Morgan fingerprint density at radius 1 is 0.944 bits per heavy atom. The first-order valence-corrected chi connectivity index (χ1v) is 6.51. The van der Waals surface area contributed by atoms with Crippen LogP contribution >= 0.6 is 0 Å². The lowest BCUT2D eigenvalue weighted by Gasteiger charge is -2.17. The smallest absolute Gasteiger partial charge is 0.171 e. The van der Waals surface area contributed by atoms with E-state index in [0.717, 1.165) is 17.5 Å². The summed E-state index contributed by atoms with van der Waals surface area (Å²) in [6, 6.07) is 18.2. The van der Waals surface area contributed by atoms with E-state index in [0.29, 0.717) is 5.92 Å². The summed E-state index contributed by atoms with van der Waals surface area (Å²) < 4.78 is 0. The number of hydrogen-bond donors (Lipinski definition) is 0. The van der Waals surface area contributed by atoms with Crippen LogP contribution in [0.25, 0.3) is 0 Å². The van der Waals surface area contributed by atoms with E-state index in [-0.39, 0.29) is 11.7 Å². The van der Waals surface area contributed by atoms with Gasteiger partial charge in [-0.15, -0.1) is 0 Å². The van der Waals surface area contributed by atoms with Crippen LogP contribution in [-0.2, 0) is 0 Å². The van der Waals surface area contributed by atoms with Crippen molar-refractivity contribution in [3.63, 3.8) is 0 Å². The summed E-state index contributed by atoms with van der Waals surface area (Å²) in [7, 11) is 0. The highest BCUT2D eigenvalue weighted by Gasteiger charge is 2.38. The summed E-state index contributed by atoms with van der Waals surface area (Å²) in [6.07, 6.45) is 1.00. The molecule has 1 aliphatic rings. The molecule has 1 aliphatic carbocycles. The molecule has 0 aromatic heterocycles. The van der Waals surface area contributed by atoms with Gasteiger partial charge in [-0.25, -0.2) is 0 Å². The molecular formula is C17H16O. The maximum atomic E-state index is 12.6. The number of benzene rings is 2. The second kappa shape index (κ2) is 4.41. The van der Waals surface area contributed by atoms with Crippen LogP contribution in [0.5, 0.6) is 0 Å². The predicted molar refractivity (Wildman–Crippen MR) is 73.0 cm³/mol. The third kappa shape index (κ3) is 1.59. The molecule has 0 bridgehead atoms. The number of rotatable bonds is 2. The quantitative estimate of drug-likeness (QED) is 0.765. The Hall–Kier alpha value is -1.89. The molecule has 0 N–H and O–H groups in total. The highest BCUT2D eigenvalue weighted by Crippen LogP contribution is 2.45. The molecule has 2 aromatic rings. The molecule has 0 radical (unpaired) electrons. The first-order valence-electron chi connectivity index (χ1n) is 6.51. The summed E-state index contributed by atoms with van der Waals surface area (Å²) in [6.45, 7) is 2.16. The van der Waals surface area contributed by atoms with E-state index in [2.05, 4.69) is 25.1 Å². The van der Waals surface area contributed by atoms with Gasteiger partial charge in [-0.3, -0.25) is 4.79 Å². The molecule has 0 amide bonds. The van der Waals surface area contributed by atoms with Crippen LogP contribution in [0.15, 0.2) is 54.6 Å². The zero-order valence-corrected chi connectivity index (χ0v) is 10.5. The minimum absolute atomic E-state index is 0.00796. The minimum atomic E-state index is 0.00796. The molecule has 0 aliphatic heterocycles. The maximum absolute atomic E-state index is 12.6. The van der Waals surface area contributed by atoms with Crippen molar-refractivity contribution < 1.29 is 4.79 Å².